The molecule has 0 amide bonds. The molecule has 0 saturated heterocycles. The molecule has 168 valence electrons. The van der Waals surface area contributed by atoms with E-state index in [1.165, 1.54) is 10.6 Å². The Morgan fingerprint density at radius 3 is 2.19 bits per heavy atom. The fraction of sp³-hybridized carbons (Fsp3) is 0.182. The van der Waals surface area contributed by atoms with Gasteiger partial charge in [0.05, 0.1) is 24.4 Å². The van der Waals surface area contributed by atoms with Crippen molar-refractivity contribution in [2.45, 2.75) is 20.4 Å². The maximum absolute atomic E-state index is 14.3. The minimum Gasteiger partial charge on any atom is -0.461 e. The number of carbonyl (C=O) groups excluding carboxylic acids is 1. The van der Waals surface area contributed by atoms with Crippen LogP contribution in [0.2, 0.25) is 0 Å². The third-order valence-corrected chi connectivity index (χ3v) is 5.02. The standard InChI is InChI=1S/C22H15F5N2O2.ClH/c1-3-31-22(30)14-8-12-11-6-4-5-7-15(11)29(21(12)10(2)28-14)9-13-16(23)18(25)20(27)19(26)17(13)24;/h4-8H,3,9H2,1-2H3;1H. The predicted molar refractivity (Wildman–Crippen MR) is 111 cm³/mol. The van der Waals surface area contributed by atoms with Gasteiger partial charge < -0.3 is 9.30 Å². The molecule has 0 unspecified atom stereocenters. The molecule has 4 rings (SSSR count). The summed E-state index contributed by atoms with van der Waals surface area (Å²) < 4.78 is 76.0. The number of rotatable bonds is 4. The summed E-state index contributed by atoms with van der Waals surface area (Å²) in [6.45, 7) is 2.76. The highest BCUT2D eigenvalue weighted by molar-refractivity contribution is 6.10. The average molecular weight is 471 g/mol. The number of esters is 1. The molecule has 10 heteroatoms. The van der Waals surface area contributed by atoms with Crippen LogP contribution in [0, 0.1) is 36.0 Å². The summed E-state index contributed by atoms with van der Waals surface area (Å²) in [5, 5.41) is 1.16. The molecule has 2 aromatic heterocycles. The molecule has 0 atom stereocenters. The Morgan fingerprint density at radius 2 is 1.56 bits per heavy atom. The van der Waals surface area contributed by atoms with E-state index in [2.05, 4.69) is 4.98 Å². The lowest BCUT2D eigenvalue weighted by atomic mass is 10.1. The Labute approximate surface area is 185 Å². The summed E-state index contributed by atoms with van der Waals surface area (Å²) in [7, 11) is 0. The molecule has 0 aliphatic rings. The molecular weight excluding hydrogens is 455 g/mol. The van der Waals surface area contributed by atoms with Gasteiger partial charge in [-0.1, -0.05) is 18.2 Å². The Kier molecular flexibility index (Phi) is 6.41. The third kappa shape index (κ3) is 3.56. The zero-order valence-electron chi connectivity index (χ0n) is 16.8. The maximum Gasteiger partial charge on any atom is 0.356 e. The second kappa shape index (κ2) is 8.74. The van der Waals surface area contributed by atoms with Crippen molar-refractivity contribution < 1.29 is 31.5 Å². The van der Waals surface area contributed by atoms with E-state index >= 15 is 0 Å². The maximum atomic E-state index is 14.3. The van der Waals surface area contributed by atoms with E-state index in [1.54, 1.807) is 38.1 Å². The molecule has 0 saturated carbocycles. The van der Waals surface area contributed by atoms with Gasteiger partial charge in [0.2, 0.25) is 5.82 Å². The van der Waals surface area contributed by atoms with Gasteiger partial charge in [0.25, 0.3) is 0 Å². The van der Waals surface area contributed by atoms with E-state index in [0.717, 1.165) is 0 Å². The van der Waals surface area contributed by atoms with Crippen LogP contribution < -0.4 is 0 Å². The SMILES string of the molecule is CCOC(=O)c1cc2c3ccccc3n(Cc3c(F)c(F)c(F)c(F)c3F)c2c(C)n1.Cl. The van der Waals surface area contributed by atoms with Crippen molar-refractivity contribution >= 4 is 40.2 Å². The number of hydrogen-bond donors (Lipinski definition) is 0. The third-order valence-electron chi connectivity index (χ3n) is 5.02. The first-order valence-electron chi connectivity index (χ1n) is 9.32. The molecule has 32 heavy (non-hydrogen) atoms. The molecule has 0 aliphatic carbocycles. The summed E-state index contributed by atoms with van der Waals surface area (Å²) in [6.07, 6.45) is 0. The number of benzene rings is 2. The monoisotopic (exact) mass is 470 g/mol. The van der Waals surface area contributed by atoms with Crippen molar-refractivity contribution in [3.05, 3.63) is 76.4 Å². The van der Waals surface area contributed by atoms with Crippen LogP contribution in [-0.4, -0.2) is 22.1 Å². The number of aryl methyl sites for hydroxylation is 1. The van der Waals surface area contributed by atoms with Crippen molar-refractivity contribution in [3.63, 3.8) is 0 Å². The quantitative estimate of drug-likeness (QED) is 0.163. The first kappa shape index (κ1) is 23.5. The van der Waals surface area contributed by atoms with Gasteiger partial charge in [-0.25, -0.2) is 31.7 Å². The smallest absolute Gasteiger partial charge is 0.356 e. The normalized spacial score (nSPS) is 11.1. The lowest BCUT2D eigenvalue weighted by Gasteiger charge is -2.13. The second-order valence-electron chi connectivity index (χ2n) is 6.86. The zero-order chi connectivity index (χ0) is 22.4. The van der Waals surface area contributed by atoms with Gasteiger partial charge in [0, 0.05) is 21.9 Å². The topological polar surface area (TPSA) is 44.1 Å². The minimum absolute atomic E-state index is 0. The van der Waals surface area contributed by atoms with Gasteiger partial charge >= 0.3 is 5.97 Å². The summed E-state index contributed by atoms with van der Waals surface area (Å²) in [6, 6.07) is 8.25. The molecule has 0 radical (unpaired) electrons. The van der Waals surface area contributed by atoms with E-state index in [0.29, 0.717) is 27.5 Å². The second-order valence-corrected chi connectivity index (χ2v) is 6.86. The summed E-state index contributed by atoms with van der Waals surface area (Å²) in [5.41, 5.74) is 0.296. The van der Waals surface area contributed by atoms with Crippen LogP contribution in [0.25, 0.3) is 21.8 Å². The summed E-state index contributed by atoms with van der Waals surface area (Å²) >= 11 is 0. The zero-order valence-corrected chi connectivity index (χ0v) is 17.6. The van der Waals surface area contributed by atoms with Gasteiger partial charge in [-0.05, 0) is 26.0 Å². The van der Waals surface area contributed by atoms with E-state index in [-0.39, 0.29) is 24.7 Å². The number of aromatic nitrogens is 2. The van der Waals surface area contributed by atoms with Crippen molar-refractivity contribution in [2.24, 2.45) is 0 Å². The lowest BCUT2D eigenvalue weighted by molar-refractivity contribution is 0.0519. The first-order chi connectivity index (χ1) is 14.8. The van der Waals surface area contributed by atoms with E-state index in [1.807, 2.05) is 0 Å². The predicted octanol–water partition coefficient (Wildman–Crippen LogP) is 5.84. The molecule has 0 bridgehead atoms. The number of ether oxygens (including phenoxy) is 1. The molecule has 2 aromatic carbocycles. The van der Waals surface area contributed by atoms with Gasteiger partial charge in [-0.15, -0.1) is 12.4 Å². The van der Waals surface area contributed by atoms with Crippen LogP contribution in [0.4, 0.5) is 22.0 Å². The number of halogens is 6. The molecule has 0 aliphatic heterocycles. The lowest BCUT2D eigenvalue weighted by Crippen LogP contribution is -2.12. The summed E-state index contributed by atoms with van der Waals surface area (Å²) in [5.74, 6) is -10.6. The molecule has 0 N–H and O–H groups in total. The van der Waals surface area contributed by atoms with Crippen molar-refractivity contribution in [3.8, 4) is 0 Å². The summed E-state index contributed by atoms with van der Waals surface area (Å²) in [4.78, 5) is 16.4. The van der Waals surface area contributed by atoms with Gasteiger partial charge in [0.1, 0.15) is 5.69 Å². The largest absolute Gasteiger partial charge is 0.461 e. The number of pyridine rings is 1. The van der Waals surface area contributed by atoms with Crippen LogP contribution >= 0.6 is 12.4 Å². The Hall–Kier alpha value is -3.20. The van der Waals surface area contributed by atoms with Crippen LogP contribution in [0.1, 0.15) is 28.7 Å². The highest BCUT2D eigenvalue weighted by Crippen LogP contribution is 2.33. The number of nitrogens with zero attached hydrogens (tertiary/aromatic N) is 2. The van der Waals surface area contributed by atoms with E-state index in [9.17, 15) is 26.7 Å². The fourth-order valence-electron chi connectivity index (χ4n) is 3.69. The number of fused-ring (bicyclic) bond motifs is 3. The molecule has 0 fully saturated rings. The molecule has 4 aromatic rings. The number of hydrogen-bond acceptors (Lipinski definition) is 3. The highest BCUT2D eigenvalue weighted by atomic mass is 35.5. The fourth-order valence-corrected chi connectivity index (χ4v) is 3.69. The first-order valence-corrected chi connectivity index (χ1v) is 9.32. The van der Waals surface area contributed by atoms with Crippen LogP contribution in [-0.2, 0) is 11.3 Å². The van der Waals surface area contributed by atoms with Gasteiger partial charge in [0.15, 0.2) is 23.3 Å². The van der Waals surface area contributed by atoms with Crippen molar-refractivity contribution in [2.75, 3.05) is 6.61 Å². The van der Waals surface area contributed by atoms with Crippen LogP contribution in [0.3, 0.4) is 0 Å². The average Bonchev–Trinajstić information content (AvgIpc) is 3.08. The van der Waals surface area contributed by atoms with E-state index in [4.69, 9.17) is 4.74 Å². The van der Waals surface area contributed by atoms with Gasteiger partial charge in [-0.3, -0.25) is 0 Å². The Morgan fingerprint density at radius 1 is 0.969 bits per heavy atom. The molecule has 0 spiro atoms. The number of para-hydroxylation sites is 1. The molecular formula is C22H16ClF5N2O2. The van der Waals surface area contributed by atoms with Crippen LogP contribution in [0.5, 0.6) is 0 Å². The minimum atomic E-state index is -2.21. The molecule has 4 nitrogen and oxygen atoms in total. The van der Waals surface area contributed by atoms with E-state index < -0.39 is 47.2 Å². The highest BCUT2D eigenvalue weighted by Gasteiger charge is 2.27. The molecule has 2 heterocycles. The Balaban J connectivity index is 0.00000289. The van der Waals surface area contributed by atoms with Gasteiger partial charge in [-0.2, -0.15) is 0 Å². The number of carbonyl (C=O) groups is 1. The van der Waals surface area contributed by atoms with Crippen LogP contribution in [0.15, 0.2) is 30.3 Å². The van der Waals surface area contributed by atoms with Crippen molar-refractivity contribution in [1.29, 1.82) is 0 Å². The van der Waals surface area contributed by atoms with Crippen molar-refractivity contribution in [1.82, 2.24) is 9.55 Å². The Bertz CT molecular complexity index is 1340.